The monoisotopic (exact) mass is 423 g/mol. The molecule has 0 spiro atoms. The van der Waals surface area contributed by atoms with E-state index in [0.29, 0.717) is 6.61 Å². The molecule has 0 aliphatic carbocycles. The molecule has 1 rings (SSSR count). The van der Waals surface area contributed by atoms with Crippen molar-refractivity contribution in [3.63, 3.8) is 0 Å². The lowest BCUT2D eigenvalue weighted by atomic mass is 10.00. The normalized spacial score (nSPS) is 12.4. The fourth-order valence-electron chi connectivity index (χ4n) is 2.44. The fourth-order valence-corrected chi connectivity index (χ4v) is 2.44. The van der Waals surface area contributed by atoms with Crippen molar-refractivity contribution in [1.29, 1.82) is 0 Å². The molecule has 0 unspecified atom stereocenters. The summed E-state index contributed by atoms with van der Waals surface area (Å²) in [5.74, 6) is 0.502. The van der Waals surface area contributed by atoms with E-state index in [0.717, 1.165) is 0 Å². The molecule has 11 nitrogen and oxygen atoms in total. The second-order valence-corrected chi connectivity index (χ2v) is 6.11. The Balaban J connectivity index is 2.82. The number of non-ortho nitro benzene ring substituents is 1. The zero-order valence-electron chi connectivity index (χ0n) is 16.5. The third kappa shape index (κ3) is 8.97. The lowest BCUT2D eigenvalue weighted by Gasteiger charge is -2.23. The number of amides is 2. The predicted molar refractivity (Wildman–Crippen MR) is 104 cm³/mol. The lowest BCUT2D eigenvalue weighted by Crippen LogP contribution is -2.47. The number of hydrogen-bond acceptors (Lipinski definition) is 8. The first-order valence-electron chi connectivity index (χ1n) is 9.08. The van der Waals surface area contributed by atoms with E-state index in [9.17, 15) is 19.7 Å². The summed E-state index contributed by atoms with van der Waals surface area (Å²) in [6.07, 6.45) is 5.23. The van der Waals surface area contributed by atoms with Crippen LogP contribution in [0.5, 0.6) is 0 Å². The van der Waals surface area contributed by atoms with Crippen LogP contribution in [0.1, 0.15) is 23.7 Å². The minimum Gasteiger partial charge on any atom is -0.368 e. The van der Waals surface area contributed by atoms with Crippen LogP contribution in [0.15, 0.2) is 24.3 Å². The Morgan fingerprint density at radius 1 is 1.23 bits per heavy atom. The Hall–Kier alpha value is -3.04. The van der Waals surface area contributed by atoms with Crippen molar-refractivity contribution in [1.82, 2.24) is 10.8 Å². The SMILES string of the molecule is C#CCOC[C@@H](COCOCC)C[C@@H](NC(=O)c1ccc([N+](=O)[O-])cc1)C(=O)NO. The topological polar surface area (TPSA) is 149 Å². The van der Waals surface area contributed by atoms with Gasteiger partial charge in [0.05, 0.1) is 18.1 Å². The van der Waals surface area contributed by atoms with Gasteiger partial charge in [-0.05, 0) is 25.5 Å². The predicted octanol–water partition coefficient (Wildman–Crippen LogP) is 0.865. The van der Waals surface area contributed by atoms with E-state index >= 15 is 0 Å². The first-order valence-corrected chi connectivity index (χ1v) is 9.08. The van der Waals surface area contributed by atoms with Crippen molar-refractivity contribution in [2.75, 3.05) is 33.2 Å². The summed E-state index contributed by atoms with van der Waals surface area (Å²) in [6.45, 7) is 2.71. The maximum absolute atomic E-state index is 12.4. The van der Waals surface area contributed by atoms with Crippen LogP contribution in [-0.2, 0) is 19.0 Å². The van der Waals surface area contributed by atoms with Gasteiger partial charge < -0.3 is 19.5 Å². The molecule has 0 aromatic heterocycles. The highest BCUT2D eigenvalue weighted by molar-refractivity contribution is 5.97. The summed E-state index contributed by atoms with van der Waals surface area (Å²) in [6, 6.07) is 3.76. The zero-order chi connectivity index (χ0) is 22.4. The number of nitrogens with one attached hydrogen (secondary N) is 2. The molecule has 0 bridgehead atoms. The number of carbonyl (C=O) groups excluding carboxylic acids is 2. The third-order valence-electron chi connectivity index (χ3n) is 3.90. The Morgan fingerprint density at radius 3 is 2.47 bits per heavy atom. The summed E-state index contributed by atoms with van der Waals surface area (Å²) >= 11 is 0. The summed E-state index contributed by atoms with van der Waals surface area (Å²) in [7, 11) is 0. The van der Waals surface area contributed by atoms with Crippen LogP contribution in [0.4, 0.5) is 5.69 Å². The lowest BCUT2D eigenvalue weighted by molar-refractivity contribution is -0.384. The van der Waals surface area contributed by atoms with Crippen molar-refractivity contribution >= 4 is 17.5 Å². The standard InChI is InChI=1S/C19H25N3O8/c1-3-9-29-11-14(12-30-13-28-4-2)10-17(19(24)21-25)20-18(23)15-5-7-16(8-6-15)22(26)27/h1,5-8,14,17,25H,4,9-13H2,2H3,(H,20,23)(H,21,24)/t14-,17+/m0/s1. The van der Waals surface area contributed by atoms with E-state index < -0.39 is 22.8 Å². The van der Waals surface area contributed by atoms with Crippen LogP contribution in [-0.4, -0.2) is 61.2 Å². The molecule has 0 radical (unpaired) electrons. The molecular weight excluding hydrogens is 398 g/mol. The smallest absolute Gasteiger partial charge is 0.269 e. The average molecular weight is 423 g/mol. The van der Waals surface area contributed by atoms with Crippen LogP contribution < -0.4 is 10.8 Å². The van der Waals surface area contributed by atoms with Crippen LogP contribution >= 0.6 is 0 Å². The Kier molecular flexibility index (Phi) is 11.7. The molecule has 3 N–H and O–H groups in total. The number of ether oxygens (including phenoxy) is 3. The molecule has 2 atom stereocenters. The van der Waals surface area contributed by atoms with Crippen LogP contribution in [0.2, 0.25) is 0 Å². The van der Waals surface area contributed by atoms with Gasteiger partial charge in [-0.25, -0.2) is 5.48 Å². The average Bonchev–Trinajstić information content (AvgIpc) is 2.75. The minimum atomic E-state index is -1.12. The van der Waals surface area contributed by atoms with E-state index in [2.05, 4.69) is 11.2 Å². The number of nitro benzene ring substituents is 1. The minimum absolute atomic E-state index is 0.0498. The molecule has 11 heteroatoms. The maximum atomic E-state index is 12.4. The van der Waals surface area contributed by atoms with E-state index in [1.165, 1.54) is 29.7 Å². The van der Waals surface area contributed by atoms with Gasteiger partial charge in [0.1, 0.15) is 19.4 Å². The highest BCUT2D eigenvalue weighted by atomic mass is 16.7. The van der Waals surface area contributed by atoms with Crippen molar-refractivity contribution in [2.45, 2.75) is 19.4 Å². The maximum Gasteiger partial charge on any atom is 0.269 e. The van der Waals surface area contributed by atoms with E-state index in [4.69, 9.17) is 25.8 Å². The van der Waals surface area contributed by atoms with E-state index in [1.807, 2.05) is 6.92 Å². The Bertz CT molecular complexity index is 732. The van der Waals surface area contributed by atoms with E-state index in [1.54, 1.807) is 0 Å². The molecule has 1 aromatic carbocycles. The number of carbonyl (C=O) groups is 2. The molecule has 2 amide bonds. The quantitative estimate of drug-likeness (QED) is 0.0996. The molecule has 0 aliphatic rings. The molecule has 30 heavy (non-hydrogen) atoms. The Morgan fingerprint density at radius 2 is 1.90 bits per heavy atom. The summed E-state index contributed by atoms with van der Waals surface area (Å²) < 4.78 is 15.8. The van der Waals surface area contributed by atoms with Crippen molar-refractivity contribution in [3.05, 3.63) is 39.9 Å². The van der Waals surface area contributed by atoms with Gasteiger partial charge in [0.2, 0.25) is 0 Å². The molecule has 0 aliphatic heterocycles. The van der Waals surface area contributed by atoms with Gasteiger partial charge in [-0.1, -0.05) is 5.92 Å². The second-order valence-electron chi connectivity index (χ2n) is 6.11. The first-order chi connectivity index (χ1) is 14.4. The van der Waals surface area contributed by atoms with E-state index in [-0.39, 0.29) is 50.2 Å². The molecule has 0 fully saturated rings. The number of nitro groups is 1. The van der Waals surface area contributed by atoms with Crippen LogP contribution in [0, 0.1) is 28.4 Å². The number of benzene rings is 1. The summed E-state index contributed by atoms with van der Waals surface area (Å²) in [4.78, 5) is 34.6. The van der Waals surface area contributed by atoms with Gasteiger partial charge in [-0.3, -0.25) is 24.9 Å². The zero-order valence-corrected chi connectivity index (χ0v) is 16.5. The van der Waals surface area contributed by atoms with Crippen molar-refractivity contribution < 1.29 is 33.9 Å². The second kappa shape index (κ2) is 14.0. The Labute approximate surface area is 173 Å². The molecule has 0 saturated heterocycles. The van der Waals surface area contributed by atoms with Crippen LogP contribution in [0.25, 0.3) is 0 Å². The van der Waals surface area contributed by atoms with Gasteiger partial charge in [0.15, 0.2) is 0 Å². The van der Waals surface area contributed by atoms with Gasteiger partial charge in [-0.2, -0.15) is 0 Å². The molecule has 1 aromatic rings. The van der Waals surface area contributed by atoms with Gasteiger partial charge in [0, 0.05) is 30.2 Å². The largest absolute Gasteiger partial charge is 0.368 e. The number of hydroxylamine groups is 1. The fraction of sp³-hybridized carbons (Fsp3) is 0.474. The molecule has 164 valence electrons. The van der Waals surface area contributed by atoms with Crippen LogP contribution in [0.3, 0.4) is 0 Å². The highest BCUT2D eigenvalue weighted by Crippen LogP contribution is 2.14. The summed E-state index contributed by atoms with van der Waals surface area (Å²) in [5.41, 5.74) is 1.46. The number of hydrogen-bond donors (Lipinski definition) is 3. The van der Waals surface area contributed by atoms with Crippen molar-refractivity contribution in [2.24, 2.45) is 5.92 Å². The highest BCUT2D eigenvalue weighted by Gasteiger charge is 2.26. The van der Waals surface area contributed by atoms with Gasteiger partial charge in [0.25, 0.3) is 17.5 Å². The number of terminal acetylenes is 1. The van der Waals surface area contributed by atoms with Gasteiger partial charge >= 0.3 is 0 Å². The molecular formula is C19H25N3O8. The first kappa shape index (κ1) is 25.0. The number of rotatable bonds is 14. The summed E-state index contributed by atoms with van der Waals surface area (Å²) in [5, 5.41) is 22.2. The van der Waals surface area contributed by atoms with Crippen molar-refractivity contribution in [3.8, 4) is 12.3 Å². The number of nitrogens with zero attached hydrogens (tertiary/aromatic N) is 1. The molecule has 0 heterocycles. The third-order valence-corrected chi connectivity index (χ3v) is 3.90. The molecule has 0 saturated carbocycles. The van der Waals surface area contributed by atoms with Gasteiger partial charge in [-0.15, -0.1) is 6.42 Å².